The van der Waals surface area contributed by atoms with Crippen molar-refractivity contribution in [1.29, 1.82) is 0 Å². The van der Waals surface area contributed by atoms with Crippen molar-refractivity contribution in [2.24, 2.45) is 0 Å². The van der Waals surface area contributed by atoms with E-state index in [1.165, 1.54) is 5.56 Å². The second-order valence-corrected chi connectivity index (χ2v) is 5.62. The first-order valence-electron chi connectivity index (χ1n) is 6.68. The van der Waals surface area contributed by atoms with E-state index in [-0.39, 0.29) is 0 Å². The molecular formula is C15H19BrN4. The largest absolute Gasteiger partial charge is 0.384 e. The van der Waals surface area contributed by atoms with Crippen LogP contribution in [0.3, 0.4) is 0 Å². The van der Waals surface area contributed by atoms with Crippen LogP contribution in [0.5, 0.6) is 0 Å². The Kier molecular flexibility index (Phi) is 4.95. The summed E-state index contributed by atoms with van der Waals surface area (Å²) in [7, 11) is 2.01. The number of hydrogen-bond acceptors (Lipinski definition) is 4. The number of benzene rings is 1. The van der Waals surface area contributed by atoms with Gasteiger partial charge in [0.2, 0.25) is 0 Å². The molecule has 2 aromatic rings. The summed E-state index contributed by atoms with van der Waals surface area (Å²) in [4.78, 5) is 10.9. The molecule has 1 heterocycles. The van der Waals surface area contributed by atoms with Gasteiger partial charge in [0.05, 0.1) is 0 Å². The van der Waals surface area contributed by atoms with Crippen molar-refractivity contribution >= 4 is 27.6 Å². The van der Waals surface area contributed by atoms with E-state index < -0.39 is 0 Å². The van der Waals surface area contributed by atoms with Crippen molar-refractivity contribution in [2.45, 2.75) is 26.3 Å². The zero-order chi connectivity index (χ0) is 14.5. The van der Waals surface area contributed by atoms with E-state index in [0.29, 0.717) is 5.82 Å². The normalized spacial score (nSPS) is 10.6. The van der Waals surface area contributed by atoms with Gasteiger partial charge in [-0.05, 0) is 18.1 Å². The lowest BCUT2D eigenvalue weighted by Gasteiger charge is -2.20. The van der Waals surface area contributed by atoms with E-state index in [1.54, 1.807) is 0 Å². The van der Waals surface area contributed by atoms with Crippen LogP contribution in [-0.4, -0.2) is 17.0 Å². The van der Waals surface area contributed by atoms with Gasteiger partial charge in [0, 0.05) is 30.6 Å². The molecule has 0 fully saturated rings. The topological polar surface area (TPSA) is 55.0 Å². The molecule has 106 valence electrons. The number of nitrogens with two attached hydrogens (primary N) is 1. The molecule has 0 saturated heterocycles. The van der Waals surface area contributed by atoms with Crippen LogP contribution in [0, 0.1) is 0 Å². The van der Waals surface area contributed by atoms with Crippen LogP contribution in [0.4, 0.5) is 11.6 Å². The zero-order valence-corrected chi connectivity index (χ0v) is 13.4. The first-order chi connectivity index (χ1) is 9.60. The van der Waals surface area contributed by atoms with Gasteiger partial charge in [-0.1, -0.05) is 41.1 Å². The van der Waals surface area contributed by atoms with Gasteiger partial charge in [0.15, 0.2) is 0 Å². The summed E-state index contributed by atoms with van der Waals surface area (Å²) in [6, 6.07) is 9.99. The monoisotopic (exact) mass is 334 g/mol. The van der Waals surface area contributed by atoms with Gasteiger partial charge in [0.1, 0.15) is 17.5 Å². The third-order valence-electron chi connectivity index (χ3n) is 3.01. The predicted octanol–water partition coefficient (Wildman–Crippen LogP) is 3.41. The Morgan fingerprint density at radius 2 is 2.00 bits per heavy atom. The van der Waals surface area contributed by atoms with Gasteiger partial charge in [-0.15, -0.1) is 0 Å². The van der Waals surface area contributed by atoms with Crippen LogP contribution in [0.2, 0.25) is 0 Å². The molecule has 0 bridgehead atoms. The second kappa shape index (κ2) is 6.70. The average molecular weight is 335 g/mol. The van der Waals surface area contributed by atoms with Crippen molar-refractivity contribution in [3.63, 3.8) is 0 Å². The van der Waals surface area contributed by atoms with Crippen LogP contribution in [0.15, 0.2) is 34.8 Å². The fourth-order valence-corrected chi connectivity index (χ4v) is 2.41. The molecule has 0 unspecified atom stereocenters. The molecule has 2 rings (SSSR count). The number of halogens is 1. The van der Waals surface area contributed by atoms with E-state index in [1.807, 2.05) is 31.3 Å². The summed E-state index contributed by atoms with van der Waals surface area (Å²) in [6.07, 6.45) is 1.86. The molecular weight excluding hydrogens is 316 g/mol. The number of aryl methyl sites for hydroxylation is 1. The summed E-state index contributed by atoms with van der Waals surface area (Å²) in [5.41, 5.74) is 7.08. The third-order valence-corrected chi connectivity index (χ3v) is 3.78. The molecule has 0 aliphatic heterocycles. The zero-order valence-electron chi connectivity index (χ0n) is 11.8. The lowest BCUT2D eigenvalue weighted by atomic mass is 10.2. The fraction of sp³-hybridized carbons (Fsp3) is 0.333. The maximum atomic E-state index is 5.86. The van der Waals surface area contributed by atoms with E-state index in [4.69, 9.17) is 5.73 Å². The molecule has 1 aromatic carbocycles. The molecule has 0 radical (unpaired) electrons. The molecule has 0 saturated carbocycles. The number of nitrogen functional groups attached to an aromatic ring is 1. The SMILES string of the molecule is CCCc1nc(N)cc(N(C)Cc2ccccc2Br)n1. The predicted molar refractivity (Wildman–Crippen MR) is 86.7 cm³/mol. The standard InChI is InChI=1S/C15H19BrN4/c1-3-6-14-18-13(17)9-15(19-14)20(2)10-11-7-4-5-8-12(11)16/h4-5,7-9H,3,6,10H2,1-2H3,(H2,17,18,19). The Bertz CT molecular complexity index is 586. The van der Waals surface area contributed by atoms with Crippen molar-refractivity contribution < 1.29 is 0 Å². The number of nitrogens with zero attached hydrogens (tertiary/aromatic N) is 3. The molecule has 20 heavy (non-hydrogen) atoms. The minimum atomic E-state index is 0.525. The van der Waals surface area contributed by atoms with Gasteiger partial charge in [-0.3, -0.25) is 0 Å². The number of aromatic nitrogens is 2. The molecule has 0 aliphatic carbocycles. The molecule has 0 atom stereocenters. The first kappa shape index (κ1) is 14.8. The van der Waals surface area contributed by atoms with Crippen LogP contribution >= 0.6 is 15.9 Å². The highest BCUT2D eigenvalue weighted by molar-refractivity contribution is 9.10. The van der Waals surface area contributed by atoms with Gasteiger partial charge < -0.3 is 10.6 Å². The summed E-state index contributed by atoms with van der Waals surface area (Å²) in [5, 5.41) is 0. The molecule has 0 spiro atoms. The van der Waals surface area contributed by atoms with Crippen LogP contribution in [0.25, 0.3) is 0 Å². The Morgan fingerprint density at radius 1 is 1.25 bits per heavy atom. The van der Waals surface area contributed by atoms with E-state index in [2.05, 4.69) is 43.8 Å². The maximum absolute atomic E-state index is 5.86. The van der Waals surface area contributed by atoms with E-state index in [0.717, 1.165) is 35.5 Å². The van der Waals surface area contributed by atoms with E-state index >= 15 is 0 Å². The molecule has 0 aliphatic rings. The quantitative estimate of drug-likeness (QED) is 0.910. The minimum absolute atomic E-state index is 0.525. The number of rotatable bonds is 5. The summed E-state index contributed by atoms with van der Waals surface area (Å²) >= 11 is 3.57. The van der Waals surface area contributed by atoms with Gasteiger partial charge >= 0.3 is 0 Å². The number of anilines is 2. The Balaban J connectivity index is 2.20. The third kappa shape index (κ3) is 3.70. The smallest absolute Gasteiger partial charge is 0.134 e. The van der Waals surface area contributed by atoms with Crippen LogP contribution < -0.4 is 10.6 Å². The Hall–Kier alpha value is -1.62. The lowest BCUT2D eigenvalue weighted by molar-refractivity contribution is 0.814. The second-order valence-electron chi connectivity index (χ2n) is 4.76. The summed E-state index contributed by atoms with van der Waals surface area (Å²) in [6.45, 7) is 2.88. The number of hydrogen-bond donors (Lipinski definition) is 1. The first-order valence-corrected chi connectivity index (χ1v) is 7.47. The van der Waals surface area contributed by atoms with Crippen molar-refractivity contribution in [2.75, 3.05) is 17.7 Å². The Morgan fingerprint density at radius 3 is 2.70 bits per heavy atom. The van der Waals surface area contributed by atoms with Crippen LogP contribution in [-0.2, 0) is 13.0 Å². The highest BCUT2D eigenvalue weighted by Crippen LogP contribution is 2.21. The molecule has 0 amide bonds. The highest BCUT2D eigenvalue weighted by atomic mass is 79.9. The molecule has 2 N–H and O–H groups in total. The maximum Gasteiger partial charge on any atom is 0.134 e. The fourth-order valence-electron chi connectivity index (χ4n) is 2.00. The van der Waals surface area contributed by atoms with Gasteiger partial charge in [0.25, 0.3) is 0 Å². The van der Waals surface area contributed by atoms with Crippen molar-refractivity contribution in [1.82, 2.24) is 9.97 Å². The van der Waals surface area contributed by atoms with Crippen molar-refractivity contribution in [3.05, 3.63) is 46.2 Å². The molecule has 5 heteroatoms. The summed E-state index contributed by atoms with van der Waals surface area (Å²) < 4.78 is 1.10. The van der Waals surface area contributed by atoms with Gasteiger partial charge in [-0.2, -0.15) is 0 Å². The Labute approximate surface area is 128 Å². The average Bonchev–Trinajstić information content (AvgIpc) is 2.41. The lowest BCUT2D eigenvalue weighted by Crippen LogP contribution is -2.19. The minimum Gasteiger partial charge on any atom is -0.384 e. The molecule has 1 aromatic heterocycles. The highest BCUT2D eigenvalue weighted by Gasteiger charge is 2.09. The van der Waals surface area contributed by atoms with Crippen molar-refractivity contribution in [3.8, 4) is 0 Å². The van der Waals surface area contributed by atoms with E-state index in [9.17, 15) is 0 Å². The van der Waals surface area contributed by atoms with Crippen LogP contribution in [0.1, 0.15) is 24.7 Å². The van der Waals surface area contributed by atoms with Gasteiger partial charge in [-0.25, -0.2) is 9.97 Å². The summed E-state index contributed by atoms with van der Waals surface area (Å²) in [5.74, 6) is 2.19. The molecule has 4 nitrogen and oxygen atoms in total.